The predicted octanol–water partition coefficient (Wildman–Crippen LogP) is 2.07. The van der Waals surface area contributed by atoms with Crippen LogP contribution < -0.4 is 5.73 Å². The summed E-state index contributed by atoms with van der Waals surface area (Å²) >= 11 is 0. The number of hydrogen-bond acceptors (Lipinski definition) is 9. The molecule has 5 atom stereocenters. The Morgan fingerprint density at radius 3 is 2.55 bits per heavy atom. The van der Waals surface area contributed by atoms with E-state index in [4.69, 9.17) is 5.73 Å². The highest BCUT2D eigenvalue weighted by Gasteiger charge is 2.64. The number of aromatic hydroxyl groups is 1. The van der Waals surface area contributed by atoms with Crippen LogP contribution >= 0.6 is 0 Å². The van der Waals surface area contributed by atoms with Crippen LogP contribution in [0.3, 0.4) is 0 Å². The number of aryl methyl sites for hydroxylation is 1. The van der Waals surface area contributed by atoms with Gasteiger partial charge < -0.3 is 35.8 Å². The van der Waals surface area contributed by atoms with E-state index in [-0.39, 0.29) is 11.3 Å². The van der Waals surface area contributed by atoms with E-state index < -0.39 is 81.4 Å². The van der Waals surface area contributed by atoms with Crippen LogP contribution in [0.4, 0.5) is 0 Å². The lowest BCUT2D eigenvalue weighted by Crippen LogP contribution is -2.62. The molecule has 0 radical (unpaired) electrons. The summed E-state index contributed by atoms with van der Waals surface area (Å²) < 4.78 is 1.95. The lowest BCUT2D eigenvalue weighted by Gasteiger charge is -2.50. The number of carbonyl (C=O) groups is 3. The molecule has 40 heavy (non-hydrogen) atoms. The molecule has 1 aromatic heterocycles. The van der Waals surface area contributed by atoms with Crippen molar-refractivity contribution in [2.75, 3.05) is 0 Å². The number of amides is 1. The molecule has 0 fully saturated rings. The van der Waals surface area contributed by atoms with Gasteiger partial charge >= 0.3 is 0 Å². The molecule has 3 aliphatic rings. The number of nitrogens with two attached hydrogens (primary N) is 1. The topological polar surface area (TPSA) is 196 Å². The Balaban J connectivity index is 1.58. The molecule has 11 nitrogen and oxygen atoms in total. The van der Waals surface area contributed by atoms with E-state index in [0.717, 1.165) is 13.0 Å². The van der Waals surface area contributed by atoms with Crippen LogP contribution in [0.2, 0.25) is 0 Å². The van der Waals surface area contributed by atoms with Crippen molar-refractivity contribution in [2.24, 2.45) is 17.6 Å². The fourth-order valence-corrected chi connectivity index (χ4v) is 6.80. The Kier molecular flexibility index (Phi) is 6.42. The van der Waals surface area contributed by atoms with Gasteiger partial charge in [0.2, 0.25) is 5.78 Å². The van der Waals surface area contributed by atoms with Crippen molar-refractivity contribution in [3.63, 3.8) is 0 Å². The van der Waals surface area contributed by atoms with Gasteiger partial charge in [-0.25, -0.2) is 4.98 Å². The number of hydrogen-bond donors (Lipinski definition) is 6. The van der Waals surface area contributed by atoms with E-state index in [2.05, 4.69) is 4.98 Å². The van der Waals surface area contributed by atoms with Gasteiger partial charge in [0.1, 0.15) is 22.8 Å². The first-order valence-corrected chi connectivity index (χ1v) is 13.2. The largest absolute Gasteiger partial charge is 0.511 e. The minimum absolute atomic E-state index is 0.0727. The smallest absolute Gasteiger partial charge is 0.255 e. The van der Waals surface area contributed by atoms with Gasteiger partial charge in [0, 0.05) is 48.3 Å². The Bertz CT molecular complexity index is 1490. The average Bonchev–Trinajstić information content (AvgIpc) is 3.39. The van der Waals surface area contributed by atoms with Crippen LogP contribution in [0, 0.1) is 11.8 Å². The lowest BCUT2D eigenvalue weighted by molar-refractivity contribution is -0.154. The van der Waals surface area contributed by atoms with Crippen molar-refractivity contribution in [3.8, 4) is 5.75 Å². The van der Waals surface area contributed by atoms with E-state index >= 15 is 0 Å². The van der Waals surface area contributed by atoms with Gasteiger partial charge in [-0.1, -0.05) is 32.9 Å². The molecule has 0 bridgehead atoms. The van der Waals surface area contributed by atoms with Crippen LogP contribution in [-0.4, -0.2) is 64.3 Å². The lowest BCUT2D eigenvalue weighted by atomic mass is 9.56. The van der Waals surface area contributed by atoms with Crippen LogP contribution in [0.25, 0.3) is 0 Å². The Morgan fingerprint density at radius 1 is 1.23 bits per heavy atom. The molecule has 0 saturated carbocycles. The summed E-state index contributed by atoms with van der Waals surface area (Å²) in [6.45, 7) is 6.32. The van der Waals surface area contributed by atoms with Crippen molar-refractivity contribution in [1.82, 2.24) is 9.55 Å². The maximum Gasteiger partial charge on any atom is 0.255 e. The highest BCUT2D eigenvalue weighted by Crippen LogP contribution is 2.55. The monoisotopic (exact) mass is 551 g/mol. The number of benzene rings is 1. The Morgan fingerprint density at radius 2 is 1.93 bits per heavy atom. The van der Waals surface area contributed by atoms with Gasteiger partial charge in [0.05, 0.1) is 18.0 Å². The van der Waals surface area contributed by atoms with Crippen molar-refractivity contribution < 1.29 is 39.9 Å². The second-order valence-corrected chi connectivity index (χ2v) is 11.7. The zero-order valence-electron chi connectivity index (χ0n) is 22.5. The van der Waals surface area contributed by atoms with E-state index in [1.54, 1.807) is 31.6 Å². The molecule has 2 aromatic rings. The number of aliphatic hydroxyl groups is 4. The minimum Gasteiger partial charge on any atom is -0.511 e. The molecule has 0 spiro atoms. The van der Waals surface area contributed by atoms with Gasteiger partial charge in [-0.3, -0.25) is 14.4 Å². The summed E-state index contributed by atoms with van der Waals surface area (Å²) in [6, 6.07) is 3.48. The van der Waals surface area contributed by atoms with Crippen molar-refractivity contribution in [1.29, 1.82) is 0 Å². The number of primary amides is 1. The molecule has 7 N–H and O–H groups in total. The third-order valence-corrected chi connectivity index (χ3v) is 9.01. The molecule has 0 aliphatic heterocycles. The predicted molar refractivity (Wildman–Crippen MR) is 141 cm³/mol. The number of Topliss-reactive ketones (excluding diaryl/α,β-unsaturated/α-hetero) is 2. The highest BCUT2D eigenvalue weighted by molar-refractivity contribution is 6.24. The molecule has 1 amide bonds. The van der Waals surface area contributed by atoms with E-state index in [1.807, 2.05) is 24.6 Å². The highest BCUT2D eigenvalue weighted by atomic mass is 16.4. The molecule has 212 valence electrons. The summed E-state index contributed by atoms with van der Waals surface area (Å²) in [5.74, 6) is -8.60. The molecular weight excluding hydrogens is 518 g/mol. The normalized spacial score (nSPS) is 28.3. The van der Waals surface area contributed by atoms with E-state index in [0.29, 0.717) is 17.5 Å². The Labute approximate surface area is 230 Å². The van der Waals surface area contributed by atoms with Crippen LogP contribution in [0.1, 0.15) is 67.4 Å². The van der Waals surface area contributed by atoms with Gasteiger partial charge in [-0.15, -0.1) is 0 Å². The number of aromatic nitrogens is 2. The number of imidazole rings is 1. The number of rotatable bonds is 6. The zero-order chi connectivity index (χ0) is 29.3. The number of carbonyl (C=O) groups excluding carboxylic acids is 3. The van der Waals surface area contributed by atoms with E-state index in [9.17, 15) is 39.9 Å². The fourth-order valence-electron chi connectivity index (χ4n) is 6.80. The first kappa shape index (κ1) is 27.6. The van der Waals surface area contributed by atoms with E-state index in [1.165, 1.54) is 0 Å². The number of aliphatic hydroxyl groups excluding tert-OH is 3. The van der Waals surface area contributed by atoms with Crippen molar-refractivity contribution >= 4 is 17.5 Å². The summed E-state index contributed by atoms with van der Waals surface area (Å²) in [4.78, 5) is 43.0. The summed E-state index contributed by atoms with van der Waals surface area (Å²) in [6.07, 6.45) is 4.64. The second-order valence-electron chi connectivity index (χ2n) is 11.7. The van der Waals surface area contributed by atoms with Gasteiger partial charge in [0.25, 0.3) is 5.91 Å². The second kappa shape index (κ2) is 9.31. The van der Waals surface area contributed by atoms with Gasteiger partial charge in [0.15, 0.2) is 11.4 Å². The molecule has 1 aromatic carbocycles. The maximum atomic E-state index is 14.0. The molecule has 3 aliphatic carbocycles. The first-order valence-electron chi connectivity index (χ1n) is 13.2. The van der Waals surface area contributed by atoms with Gasteiger partial charge in [-0.2, -0.15) is 0 Å². The quantitative estimate of drug-likeness (QED) is 0.291. The van der Waals surface area contributed by atoms with Crippen LogP contribution in [0.5, 0.6) is 5.75 Å². The maximum absolute atomic E-state index is 14.0. The third-order valence-electron chi connectivity index (χ3n) is 9.01. The minimum atomic E-state index is -2.85. The third kappa shape index (κ3) is 3.79. The number of ketones is 2. The van der Waals surface area contributed by atoms with Crippen LogP contribution in [-0.2, 0) is 21.5 Å². The number of allylic oxidation sites excluding steroid dienone is 1. The van der Waals surface area contributed by atoms with Crippen molar-refractivity contribution in [2.45, 2.75) is 69.6 Å². The average molecular weight is 552 g/mol. The zero-order valence-corrected chi connectivity index (χ0v) is 22.5. The van der Waals surface area contributed by atoms with Crippen LogP contribution in [0.15, 0.2) is 53.5 Å². The standard InChI is InChI=1S/C29H33N3O8/c1-13-14-5-6-15(28(2,3)7-4-9-32-10-8-31-12-32)22(34)19(14)24(36)21-18(13)23(35)16-11-17(33)20(27(30)39)25(37)29(16,40)26(21)38/h5-6,8,10,12-13,16,18,23,33-35,38,40H,4,7,9,11H2,1-3H3,(H2,30,39)/t13-,16+,18+,23+,29+/m0/s1. The first-order chi connectivity index (χ1) is 18.7. The number of fused-ring (bicyclic) bond motifs is 3. The number of phenolic OH excluding ortho intramolecular Hbond substituents is 1. The number of phenols is 1. The molecule has 1 heterocycles. The SMILES string of the molecule is C[C@H]1c2ccc(C(C)(C)CCCn3ccnc3)c(O)c2C(=O)C2=C(O)[C@]3(O)C(=O)C(C(N)=O)=C(O)C[C@@H]3[C@@H](O)[C@@H]21. The molecular formula is C29H33N3O8. The number of nitrogens with zero attached hydrogens (tertiary/aromatic N) is 2. The summed E-state index contributed by atoms with van der Waals surface area (Å²) in [5.41, 5.74) is 1.43. The molecule has 5 rings (SSSR count). The Hall–Kier alpha value is -3.96. The molecule has 11 heteroatoms. The molecule has 0 unspecified atom stereocenters. The van der Waals surface area contributed by atoms with Gasteiger partial charge in [-0.05, 0) is 29.7 Å². The summed E-state index contributed by atoms with van der Waals surface area (Å²) in [5, 5.41) is 55.9. The molecule has 0 saturated heterocycles. The van der Waals surface area contributed by atoms with Crippen molar-refractivity contribution in [3.05, 3.63) is 70.2 Å². The summed E-state index contributed by atoms with van der Waals surface area (Å²) in [7, 11) is 0. The fraction of sp³-hybridized carbons (Fsp3) is 0.448.